The van der Waals surface area contributed by atoms with Gasteiger partial charge in [0.2, 0.25) is 5.91 Å². The van der Waals surface area contributed by atoms with Gasteiger partial charge in [-0.05, 0) is 60.7 Å². The van der Waals surface area contributed by atoms with Crippen molar-refractivity contribution in [2.45, 2.75) is 45.6 Å². The van der Waals surface area contributed by atoms with Gasteiger partial charge < -0.3 is 10.3 Å². The smallest absolute Gasteiger partial charge is 0.220 e. The fourth-order valence-corrected chi connectivity index (χ4v) is 3.35. The Morgan fingerprint density at radius 1 is 1.08 bits per heavy atom. The minimum Gasteiger partial charge on any atom is -0.354 e. The Morgan fingerprint density at radius 3 is 2.46 bits per heavy atom. The van der Waals surface area contributed by atoms with Crippen molar-refractivity contribution in [3.63, 3.8) is 0 Å². The number of para-hydroxylation sites is 1. The molecule has 2 N–H and O–H groups in total. The fraction of sp³-hybridized carbons (Fsp3) is 0.318. The van der Waals surface area contributed by atoms with E-state index >= 15 is 0 Å². The molecule has 0 aliphatic rings. The summed E-state index contributed by atoms with van der Waals surface area (Å²) in [5, 5.41) is 4.21. The molecular weight excluding hydrogens is 327 g/mol. The van der Waals surface area contributed by atoms with Crippen LogP contribution in [0.25, 0.3) is 22.2 Å². The van der Waals surface area contributed by atoms with E-state index in [9.17, 15) is 9.18 Å². The van der Waals surface area contributed by atoms with Crippen molar-refractivity contribution in [3.8, 4) is 11.3 Å². The van der Waals surface area contributed by atoms with Gasteiger partial charge in [-0.25, -0.2) is 4.39 Å². The summed E-state index contributed by atoms with van der Waals surface area (Å²) in [6, 6.07) is 14.8. The third-order valence-corrected chi connectivity index (χ3v) is 4.90. The molecule has 0 aliphatic carbocycles. The Kier molecular flexibility index (Phi) is 5.71. The van der Waals surface area contributed by atoms with Gasteiger partial charge in [0.25, 0.3) is 0 Å². The van der Waals surface area contributed by atoms with Gasteiger partial charge in [0.05, 0.1) is 0 Å². The normalized spacial score (nSPS) is 11.2. The van der Waals surface area contributed by atoms with E-state index in [1.807, 2.05) is 18.2 Å². The van der Waals surface area contributed by atoms with Crippen LogP contribution in [0.15, 0.2) is 48.5 Å². The number of aromatic nitrogens is 1. The molecular formula is C22H25FN2O. The van der Waals surface area contributed by atoms with Gasteiger partial charge in [0.1, 0.15) is 5.82 Å². The molecule has 0 atom stereocenters. The molecule has 0 radical (unpaired) electrons. The third kappa shape index (κ3) is 3.96. The second-order valence-corrected chi connectivity index (χ2v) is 6.61. The standard InChI is InChI=1S/C22H25FN2O/c1-3-17(4-2)24-21(26)14-13-19-18-7-5-6-8-20(18)25-22(19)15-9-11-16(23)12-10-15/h5-12,17,25H,3-4,13-14H2,1-2H3,(H,24,26). The molecule has 2 aromatic carbocycles. The highest BCUT2D eigenvalue weighted by atomic mass is 19.1. The van der Waals surface area contributed by atoms with Crippen LogP contribution >= 0.6 is 0 Å². The monoisotopic (exact) mass is 352 g/mol. The second-order valence-electron chi connectivity index (χ2n) is 6.61. The number of aryl methyl sites for hydroxylation is 1. The molecule has 1 heterocycles. The van der Waals surface area contributed by atoms with Gasteiger partial charge in [0, 0.05) is 29.1 Å². The van der Waals surface area contributed by atoms with Crippen LogP contribution in [-0.4, -0.2) is 16.9 Å². The van der Waals surface area contributed by atoms with Crippen molar-refractivity contribution in [2.24, 2.45) is 0 Å². The first-order valence-electron chi connectivity index (χ1n) is 9.27. The number of amides is 1. The number of fused-ring (bicyclic) bond motifs is 1. The summed E-state index contributed by atoms with van der Waals surface area (Å²) in [6.45, 7) is 4.17. The minimum atomic E-state index is -0.254. The van der Waals surface area contributed by atoms with Crippen LogP contribution in [0.3, 0.4) is 0 Å². The molecule has 0 fully saturated rings. The number of carbonyl (C=O) groups excluding carboxylic acids is 1. The molecule has 136 valence electrons. The topological polar surface area (TPSA) is 44.9 Å². The van der Waals surface area contributed by atoms with Gasteiger partial charge in [-0.15, -0.1) is 0 Å². The average Bonchev–Trinajstić information content (AvgIpc) is 3.03. The molecule has 26 heavy (non-hydrogen) atoms. The van der Waals surface area contributed by atoms with Crippen LogP contribution in [0.1, 0.15) is 38.7 Å². The van der Waals surface area contributed by atoms with Gasteiger partial charge in [0.15, 0.2) is 0 Å². The van der Waals surface area contributed by atoms with Crippen molar-refractivity contribution in [3.05, 3.63) is 59.9 Å². The summed E-state index contributed by atoms with van der Waals surface area (Å²) in [4.78, 5) is 15.8. The molecule has 0 unspecified atom stereocenters. The largest absolute Gasteiger partial charge is 0.354 e. The number of carbonyl (C=O) groups is 1. The van der Waals surface area contributed by atoms with Crippen LogP contribution in [0.2, 0.25) is 0 Å². The van der Waals surface area contributed by atoms with E-state index in [1.54, 1.807) is 12.1 Å². The van der Waals surface area contributed by atoms with Crippen LogP contribution in [0.5, 0.6) is 0 Å². The molecule has 0 spiro atoms. The Morgan fingerprint density at radius 2 is 1.77 bits per heavy atom. The van der Waals surface area contributed by atoms with E-state index in [4.69, 9.17) is 0 Å². The van der Waals surface area contributed by atoms with Gasteiger partial charge in [-0.2, -0.15) is 0 Å². The molecule has 0 aliphatic heterocycles. The number of rotatable bonds is 7. The van der Waals surface area contributed by atoms with Gasteiger partial charge >= 0.3 is 0 Å². The first-order valence-corrected chi connectivity index (χ1v) is 9.27. The number of halogens is 1. The second kappa shape index (κ2) is 8.17. The summed E-state index contributed by atoms with van der Waals surface area (Å²) >= 11 is 0. The van der Waals surface area contributed by atoms with Gasteiger partial charge in [-0.1, -0.05) is 32.0 Å². The van der Waals surface area contributed by atoms with E-state index in [2.05, 4.69) is 30.2 Å². The number of nitrogens with one attached hydrogen (secondary N) is 2. The first-order chi connectivity index (χ1) is 12.6. The molecule has 1 amide bonds. The molecule has 0 saturated carbocycles. The van der Waals surface area contributed by atoms with Crippen molar-refractivity contribution < 1.29 is 9.18 Å². The zero-order valence-electron chi connectivity index (χ0n) is 15.3. The Balaban J connectivity index is 1.87. The highest BCUT2D eigenvalue weighted by molar-refractivity contribution is 5.91. The summed E-state index contributed by atoms with van der Waals surface area (Å²) in [6.07, 6.45) is 2.96. The molecule has 3 rings (SSSR count). The van der Waals surface area contributed by atoms with E-state index in [0.717, 1.165) is 40.6 Å². The fourth-order valence-electron chi connectivity index (χ4n) is 3.35. The maximum Gasteiger partial charge on any atom is 0.220 e. The quantitative estimate of drug-likeness (QED) is 0.602. The van der Waals surface area contributed by atoms with Crippen LogP contribution in [0, 0.1) is 5.82 Å². The van der Waals surface area contributed by atoms with E-state index < -0.39 is 0 Å². The lowest BCUT2D eigenvalue weighted by atomic mass is 10.0. The molecule has 3 aromatic rings. The number of benzene rings is 2. The maximum absolute atomic E-state index is 13.3. The number of hydrogen-bond donors (Lipinski definition) is 2. The lowest BCUT2D eigenvalue weighted by Gasteiger charge is -2.14. The lowest BCUT2D eigenvalue weighted by molar-refractivity contribution is -0.121. The van der Waals surface area contributed by atoms with Crippen molar-refractivity contribution in [1.82, 2.24) is 10.3 Å². The van der Waals surface area contributed by atoms with Crippen LogP contribution in [-0.2, 0) is 11.2 Å². The Labute approximate surface area is 153 Å². The predicted octanol–water partition coefficient (Wildman–Crippen LogP) is 5.21. The van der Waals surface area contributed by atoms with Crippen molar-refractivity contribution in [1.29, 1.82) is 0 Å². The van der Waals surface area contributed by atoms with Crippen LogP contribution < -0.4 is 5.32 Å². The van der Waals surface area contributed by atoms with Crippen molar-refractivity contribution in [2.75, 3.05) is 0 Å². The maximum atomic E-state index is 13.3. The highest BCUT2D eigenvalue weighted by Crippen LogP contribution is 2.31. The van der Waals surface area contributed by atoms with E-state index in [0.29, 0.717) is 12.8 Å². The number of aromatic amines is 1. The summed E-state index contributed by atoms with van der Waals surface area (Å²) < 4.78 is 13.3. The Bertz CT molecular complexity index is 879. The highest BCUT2D eigenvalue weighted by Gasteiger charge is 2.15. The molecule has 3 nitrogen and oxygen atoms in total. The average molecular weight is 352 g/mol. The number of H-pyrrole nitrogens is 1. The molecule has 4 heteroatoms. The van der Waals surface area contributed by atoms with Crippen molar-refractivity contribution >= 4 is 16.8 Å². The molecule has 0 saturated heterocycles. The zero-order chi connectivity index (χ0) is 18.5. The summed E-state index contributed by atoms with van der Waals surface area (Å²) in [5.41, 5.74) is 4.02. The van der Waals surface area contributed by atoms with E-state index in [1.165, 1.54) is 12.1 Å². The summed E-state index contributed by atoms with van der Waals surface area (Å²) in [7, 11) is 0. The minimum absolute atomic E-state index is 0.0778. The Hall–Kier alpha value is -2.62. The molecule has 1 aromatic heterocycles. The van der Waals surface area contributed by atoms with E-state index in [-0.39, 0.29) is 17.8 Å². The SMILES string of the molecule is CCC(CC)NC(=O)CCc1c(-c2ccc(F)cc2)[nH]c2ccccc12. The lowest BCUT2D eigenvalue weighted by Crippen LogP contribution is -2.33. The number of hydrogen-bond acceptors (Lipinski definition) is 1. The third-order valence-electron chi connectivity index (χ3n) is 4.90. The van der Waals surface area contributed by atoms with Gasteiger partial charge in [-0.3, -0.25) is 4.79 Å². The molecule has 0 bridgehead atoms. The van der Waals surface area contributed by atoms with Crippen LogP contribution in [0.4, 0.5) is 4.39 Å². The predicted molar refractivity (Wildman–Crippen MR) is 105 cm³/mol. The first kappa shape index (κ1) is 18.2. The summed E-state index contributed by atoms with van der Waals surface area (Å²) in [5.74, 6) is -0.176. The zero-order valence-corrected chi connectivity index (χ0v) is 15.3.